The van der Waals surface area contributed by atoms with E-state index < -0.39 is 17.0 Å². The molecule has 1 aromatic carbocycles. The van der Waals surface area contributed by atoms with E-state index in [9.17, 15) is 13.6 Å². The largest absolute Gasteiger partial charge is 0.337 e. The zero-order valence-electron chi connectivity index (χ0n) is 13.0. The van der Waals surface area contributed by atoms with Crippen molar-refractivity contribution in [2.75, 3.05) is 13.1 Å². The van der Waals surface area contributed by atoms with Gasteiger partial charge in [0.2, 0.25) is 5.91 Å². The molecular formula is C16H23ClF2N2O. The molecule has 2 N–H and O–H groups in total. The fourth-order valence-corrected chi connectivity index (χ4v) is 3.03. The van der Waals surface area contributed by atoms with Gasteiger partial charge in [-0.1, -0.05) is 13.8 Å². The van der Waals surface area contributed by atoms with Crippen molar-refractivity contribution >= 4 is 18.3 Å². The van der Waals surface area contributed by atoms with Gasteiger partial charge in [0.1, 0.15) is 11.6 Å². The standard InChI is InChI=1S/C16H22F2N2O.ClH/c1-3-16(4-2,10-19)15(21)20-8-7-11-12(9-20)14(18)6-5-13(11)17;/h5-6H,3-4,7-10,19H2,1-2H3;1H. The highest BCUT2D eigenvalue weighted by Gasteiger charge is 2.38. The first-order chi connectivity index (χ1) is 9.99. The van der Waals surface area contributed by atoms with E-state index in [0.29, 0.717) is 36.9 Å². The molecular weight excluding hydrogens is 310 g/mol. The molecule has 124 valence electrons. The second kappa shape index (κ2) is 7.38. The quantitative estimate of drug-likeness (QED) is 0.921. The number of nitrogens with zero attached hydrogens (tertiary/aromatic N) is 1. The summed E-state index contributed by atoms with van der Waals surface area (Å²) in [5, 5.41) is 0. The van der Waals surface area contributed by atoms with E-state index >= 15 is 0 Å². The SMILES string of the molecule is CCC(CC)(CN)C(=O)N1CCc2c(F)ccc(F)c2C1.Cl. The number of carbonyl (C=O) groups is 1. The van der Waals surface area contributed by atoms with Crippen LogP contribution in [0.3, 0.4) is 0 Å². The smallest absolute Gasteiger partial charge is 0.230 e. The number of hydrogen-bond donors (Lipinski definition) is 1. The average Bonchev–Trinajstić information content (AvgIpc) is 2.53. The van der Waals surface area contributed by atoms with Crippen molar-refractivity contribution < 1.29 is 13.6 Å². The zero-order valence-corrected chi connectivity index (χ0v) is 13.8. The van der Waals surface area contributed by atoms with Crippen LogP contribution in [0.25, 0.3) is 0 Å². The first-order valence-electron chi connectivity index (χ1n) is 7.44. The van der Waals surface area contributed by atoms with Crippen molar-refractivity contribution in [2.45, 2.75) is 39.7 Å². The van der Waals surface area contributed by atoms with Gasteiger partial charge in [0.15, 0.2) is 0 Å². The van der Waals surface area contributed by atoms with Crippen LogP contribution in [-0.4, -0.2) is 23.9 Å². The predicted molar refractivity (Wildman–Crippen MR) is 84.8 cm³/mol. The monoisotopic (exact) mass is 332 g/mol. The van der Waals surface area contributed by atoms with Crippen molar-refractivity contribution in [3.05, 3.63) is 34.9 Å². The van der Waals surface area contributed by atoms with E-state index in [-0.39, 0.29) is 31.4 Å². The van der Waals surface area contributed by atoms with Gasteiger partial charge < -0.3 is 10.6 Å². The summed E-state index contributed by atoms with van der Waals surface area (Å²) in [7, 11) is 0. The second-order valence-electron chi connectivity index (χ2n) is 5.65. The second-order valence-corrected chi connectivity index (χ2v) is 5.65. The maximum atomic E-state index is 13.9. The van der Waals surface area contributed by atoms with Gasteiger partial charge in [-0.25, -0.2) is 8.78 Å². The van der Waals surface area contributed by atoms with Gasteiger partial charge >= 0.3 is 0 Å². The van der Waals surface area contributed by atoms with Crippen LogP contribution in [0.15, 0.2) is 12.1 Å². The lowest BCUT2D eigenvalue weighted by atomic mass is 9.80. The molecule has 3 nitrogen and oxygen atoms in total. The summed E-state index contributed by atoms with van der Waals surface area (Å²) in [6.45, 7) is 4.68. The van der Waals surface area contributed by atoms with Crippen molar-refractivity contribution in [1.82, 2.24) is 4.90 Å². The Bertz CT molecular complexity index is 539. The first-order valence-corrected chi connectivity index (χ1v) is 7.44. The van der Waals surface area contributed by atoms with Crippen molar-refractivity contribution in [3.63, 3.8) is 0 Å². The highest BCUT2D eigenvalue weighted by molar-refractivity contribution is 5.85. The summed E-state index contributed by atoms with van der Waals surface area (Å²) in [5.74, 6) is -0.894. The van der Waals surface area contributed by atoms with Gasteiger partial charge in [0, 0.05) is 25.2 Å². The number of carbonyl (C=O) groups excluding carboxylic acids is 1. The van der Waals surface area contributed by atoms with Crippen molar-refractivity contribution in [1.29, 1.82) is 0 Å². The lowest BCUT2D eigenvalue weighted by molar-refractivity contribution is -0.143. The van der Waals surface area contributed by atoms with Crippen LogP contribution in [0.5, 0.6) is 0 Å². The molecule has 0 aliphatic carbocycles. The molecule has 1 amide bonds. The number of fused-ring (bicyclic) bond motifs is 1. The first kappa shape index (κ1) is 18.8. The van der Waals surface area contributed by atoms with Gasteiger partial charge in [-0.05, 0) is 37.0 Å². The van der Waals surface area contributed by atoms with Crippen LogP contribution in [0.2, 0.25) is 0 Å². The van der Waals surface area contributed by atoms with Crippen LogP contribution in [-0.2, 0) is 17.8 Å². The third-order valence-corrected chi connectivity index (χ3v) is 4.78. The highest BCUT2D eigenvalue weighted by atomic mass is 35.5. The molecule has 0 atom stereocenters. The van der Waals surface area contributed by atoms with E-state index in [0.717, 1.165) is 12.1 Å². The molecule has 1 aliphatic rings. The summed E-state index contributed by atoms with van der Waals surface area (Å²) >= 11 is 0. The Hall–Kier alpha value is -1.20. The van der Waals surface area contributed by atoms with Gasteiger partial charge in [0.05, 0.1) is 5.41 Å². The van der Waals surface area contributed by atoms with Gasteiger partial charge in [-0.15, -0.1) is 12.4 Å². The minimum absolute atomic E-state index is 0. The Morgan fingerprint density at radius 2 is 1.77 bits per heavy atom. The summed E-state index contributed by atoms with van der Waals surface area (Å²) < 4.78 is 27.6. The van der Waals surface area contributed by atoms with Gasteiger partial charge in [0.25, 0.3) is 0 Å². The molecule has 0 fully saturated rings. The molecule has 0 bridgehead atoms. The number of nitrogens with two attached hydrogens (primary N) is 1. The fourth-order valence-electron chi connectivity index (χ4n) is 3.03. The molecule has 0 saturated heterocycles. The lowest BCUT2D eigenvalue weighted by Gasteiger charge is -2.37. The molecule has 22 heavy (non-hydrogen) atoms. The van der Waals surface area contributed by atoms with Crippen LogP contribution >= 0.6 is 12.4 Å². The Morgan fingerprint density at radius 1 is 1.23 bits per heavy atom. The maximum absolute atomic E-state index is 13.9. The number of rotatable bonds is 4. The summed E-state index contributed by atoms with van der Waals surface area (Å²) in [4.78, 5) is 14.4. The molecule has 1 heterocycles. The maximum Gasteiger partial charge on any atom is 0.230 e. The number of halogens is 3. The number of hydrogen-bond acceptors (Lipinski definition) is 2. The Morgan fingerprint density at radius 3 is 2.27 bits per heavy atom. The molecule has 0 saturated carbocycles. The zero-order chi connectivity index (χ0) is 15.6. The van der Waals surface area contributed by atoms with Gasteiger partial charge in [-0.2, -0.15) is 0 Å². The average molecular weight is 333 g/mol. The summed E-state index contributed by atoms with van der Waals surface area (Å²) in [6, 6.07) is 2.27. The van der Waals surface area contributed by atoms with E-state index in [1.165, 1.54) is 0 Å². The minimum Gasteiger partial charge on any atom is -0.337 e. The predicted octanol–water partition coefficient (Wildman–Crippen LogP) is 3.04. The third-order valence-electron chi connectivity index (χ3n) is 4.78. The molecule has 6 heteroatoms. The Balaban J connectivity index is 0.00000242. The van der Waals surface area contributed by atoms with Crippen LogP contribution in [0.1, 0.15) is 37.8 Å². The molecule has 1 aliphatic heterocycles. The van der Waals surface area contributed by atoms with E-state index in [4.69, 9.17) is 5.73 Å². The van der Waals surface area contributed by atoms with Crippen LogP contribution in [0.4, 0.5) is 8.78 Å². The lowest BCUT2D eigenvalue weighted by Crippen LogP contribution is -2.49. The van der Waals surface area contributed by atoms with Crippen LogP contribution in [0, 0.1) is 17.0 Å². The molecule has 2 rings (SSSR count). The van der Waals surface area contributed by atoms with Crippen molar-refractivity contribution in [2.24, 2.45) is 11.1 Å². The fraction of sp³-hybridized carbons (Fsp3) is 0.562. The number of amides is 1. The van der Waals surface area contributed by atoms with Crippen LogP contribution < -0.4 is 5.73 Å². The molecule has 1 aromatic rings. The highest BCUT2D eigenvalue weighted by Crippen LogP contribution is 2.31. The Labute approximate surface area is 136 Å². The topological polar surface area (TPSA) is 46.3 Å². The number of benzene rings is 1. The van der Waals surface area contributed by atoms with Gasteiger partial charge in [-0.3, -0.25) is 4.79 Å². The normalized spacial score (nSPS) is 14.3. The molecule has 0 aromatic heterocycles. The van der Waals surface area contributed by atoms with Crippen molar-refractivity contribution in [3.8, 4) is 0 Å². The Kier molecular flexibility index (Phi) is 6.32. The third kappa shape index (κ3) is 3.10. The molecule has 0 unspecified atom stereocenters. The summed E-state index contributed by atoms with van der Waals surface area (Å²) in [5.41, 5.74) is 5.90. The van der Waals surface area contributed by atoms with E-state index in [1.54, 1.807) is 4.90 Å². The van der Waals surface area contributed by atoms with E-state index in [1.807, 2.05) is 13.8 Å². The molecule has 0 radical (unpaired) electrons. The van der Waals surface area contributed by atoms with E-state index in [2.05, 4.69) is 0 Å². The molecule has 0 spiro atoms. The minimum atomic E-state index is -0.596. The summed E-state index contributed by atoms with van der Waals surface area (Å²) in [6.07, 6.45) is 1.64.